The molecule has 0 aromatic heterocycles. The van der Waals surface area contributed by atoms with Crippen molar-refractivity contribution < 1.29 is 14.3 Å². The molecule has 0 heterocycles. The molecule has 0 saturated heterocycles. The molecule has 2 aromatic carbocycles. The van der Waals surface area contributed by atoms with Gasteiger partial charge in [0.25, 0.3) is 0 Å². The van der Waals surface area contributed by atoms with Gasteiger partial charge in [0.15, 0.2) is 5.75 Å². The van der Waals surface area contributed by atoms with Crippen molar-refractivity contribution in [1.82, 2.24) is 0 Å². The number of hydrogen-bond donors (Lipinski definition) is 1. The van der Waals surface area contributed by atoms with Crippen molar-refractivity contribution in [3.05, 3.63) is 54.1 Å². The molecule has 0 spiro atoms. The van der Waals surface area contributed by atoms with Crippen LogP contribution in [0.3, 0.4) is 0 Å². The van der Waals surface area contributed by atoms with E-state index in [4.69, 9.17) is 9.47 Å². The van der Waals surface area contributed by atoms with E-state index in [-0.39, 0.29) is 17.9 Å². The minimum Gasteiger partial charge on any atom is -0.455 e. The van der Waals surface area contributed by atoms with E-state index < -0.39 is 0 Å². The summed E-state index contributed by atoms with van der Waals surface area (Å²) < 4.78 is 11.4. The lowest BCUT2D eigenvalue weighted by molar-refractivity contribution is -0.118. The largest absolute Gasteiger partial charge is 0.455 e. The number of hydrogen-bond acceptors (Lipinski definition) is 3. The minimum atomic E-state index is -0.0537. The summed E-state index contributed by atoms with van der Waals surface area (Å²) in [5.41, 5.74) is 1.81. The van der Waals surface area contributed by atoms with E-state index in [0.717, 1.165) is 17.7 Å². The van der Waals surface area contributed by atoms with Gasteiger partial charge in [0.05, 0.1) is 17.7 Å². The lowest BCUT2D eigenvalue weighted by Gasteiger charge is -2.12. The molecular formula is C19H21NO3. The van der Waals surface area contributed by atoms with Crippen molar-refractivity contribution in [3.8, 4) is 11.5 Å². The Kier molecular flexibility index (Phi) is 4.63. The molecule has 1 amide bonds. The van der Waals surface area contributed by atoms with E-state index in [2.05, 4.69) is 5.32 Å². The first-order valence-corrected chi connectivity index (χ1v) is 7.93. The third-order valence-electron chi connectivity index (χ3n) is 3.81. The Morgan fingerprint density at radius 1 is 1.22 bits per heavy atom. The third-order valence-corrected chi connectivity index (χ3v) is 3.81. The summed E-state index contributed by atoms with van der Waals surface area (Å²) in [6.45, 7) is 4.60. The fourth-order valence-electron chi connectivity index (χ4n) is 2.54. The van der Waals surface area contributed by atoms with Crippen LogP contribution in [-0.4, -0.2) is 18.6 Å². The zero-order valence-corrected chi connectivity index (χ0v) is 13.4. The van der Waals surface area contributed by atoms with Crippen molar-refractivity contribution in [3.63, 3.8) is 0 Å². The summed E-state index contributed by atoms with van der Waals surface area (Å²) in [5, 5.41) is 2.95. The molecule has 23 heavy (non-hydrogen) atoms. The van der Waals surface area contributed by atoms with Gasteiger partial charge in [0.2, 0.25) is 5.91 Å². The topological polar surface area (TPSA) is 47.6 Å². The molecule has 4 heteroatoms. The van der Waals surface area contributed by atoms with Gasteiger partial charge in [-0.25, -0.2) is 0 Å². The third kappa shape index (κ3) is 3.90. The second kappa shape index (κ2) is 6.84. The van der Waals surface area contributed by atoms with E-state index in [1.807, 2.05) is 62.4 Å². The number of nitrogens with one attached hydrogen (secondary N) is 1. The van der Waals surface area contributed by atoms with Gasteiger partial charge in [-0.05, 0) is 50.1 Å². The molecule has 120 valence electrons. The highest BCUT2D eigenvalue weighted by atomic mass is 16.5. The van der Waals surface area contributed by atoms with Gasteiger partial charge in [0, 0.05) is 6.61 Å². The lowest BCUT2D eigenvalue weighted by atomic mass is 10.2. The molecule has 2 aromatic rings. The van der Waals surface area contributed by atoms with Gasteiger partial charge in [0.1, 0.15) is 5.75 Å². The first-order chi connectivity index (χ1) is 11.2. The first-order valence-electron chi connectivity index (χ1n) is 7.93. The SMILES string of the molecule is CCOC1CC1C(=O)Nc1ccccc1Oc1cccc(C)c1. The molecule has 2 unspecified atom stereocenters. The molecule has 1 aliphatic carbocycles. The van der Waals surface area contributed by atoms with Crippen LogP contribution in [0.15, 0.2) is 48.5 Å². The average Bonchev–Trinajstić information content (AvgIpc) is 3.29. The Bertz CT molecular complexity index is 699. The predicted octanol–water partition coefficient (Wildman–Crippen LogP) is 4.15. The van der Waals surface area contributed by atoms with Crippen LogP contribution in [0.4, 0.5) is 5.69 Å². The normalized spacial score (nSPS) is 19.2. The summed E-state index contributed by atoms with van der Waals surface area (Å²) in [7, 11) is 0. The summed E-state index contributed by atoms with van der Waals surface area (Å²) in [4.78, 5) is 12.3. The fraction of sp³-hybridized carbons (Fsp3) is 0.316. The maximum absolute atomic E-state index is 12.3. The number of carbonyl (C=O) groups excluding carboxylic acids is 1. The fourth-order valence-corrected chi connectivity index (χ4v) is 2.54. The van der Waals surface area contributed by atoms with E-state index >= 15 is 0 Å². The Hall–Kier alpha value is -2.33. The lowest BCUT2D eigenvalue weighted by Crippen LogP contribution is -2.17. The van der Waals surface area contributed by atoms with Crippen molar-refractivity contribution in [2.75, 3.05) is 11.9 Å². The summed E-state index contributed by atoms with van der Waals surface area (Å²) in [6, 6.07) is 15.3. The second-order valence-electron chi connectivity index (χ2n) is 5.74. The molecule has 4 nitrogen and oxygen atoms in total. The molecule has 1 aliphatic rings. The Morgan fingerprint density at radius 2 is 2.04 bits per heavy atom. The molecule has 1 fully saturated rings. The maximum atomic E-state index is 12.3. The van der Waals surface area contributed by atoms with Gasteiger partial charge in [-0.2, -0.15) is 0 Å². The van der Waals surface area contributed by atoms with Crippen LogP contribution >= 0.6 is 0 Å². The predicted molar refractivity (Wildman–Crippen MR) is 89.8 cm³/mol. The van der Waals surface area contributed by atoms with E-state index in [1.54, 1.807) is 0 Å². The molecule has 3 rings (SSSR count). The monoisotopic (exact) mass is 311 g/mol. The highest BCUT2D eigenvalue weighted by molar-refractivity contribution is 5.96. The van der Waals surface area contributed by atoms with Crippen LogP contribution in [0.1, 0.15) is 18.9 Å². The number of ether oxygens (including phenoxy) is 2. The van der Waals surface area contributed by atoms with E-state index in [9.17, 15) is 4.79 Å². The number of para-hydroxylation sites is 2. The van der Waals surface area contributed by atoms with Crippen molar-refractivity contribution in [1.29, 1.82) is 0 Å². The van der Waals surface area contributed by atoms with Crippen LogP contribution in [0.25, 0.3) is 0 Å². The van der Waals surface area contributed by atoms with Gasteiger partial charge in [-0.1, -0.05) is 24.3 Å². The van der Waals surface area contributed by atoms with Gasteiger partial charge in [-0.3, -0.25) is 4.79 Å². The molecule has 0 radical (unpaired) electrons. The molecule has 0 aliphatic heterocycles. The Morgan fingerprint density at radius 3 is 2.83 bits per heavy atom. The van der Waals surface area contributed by atoms with Crippen LogP contribution < -0.4 is 10.1 Å². The molecule has 2 atom stereocenters. The zero-order valence-electron chi connectivity index (χ0n) is 13.4. The summed E-state index contributed by atoms with van der Waals surface area (Å²) in [6.07, 6.45) is 0.852. The van der Waals surface area contributed by atoms with Crippen molar-refractivity contribution in [2.45, 2.75) is 26.4 Å². The van der Waals surface area contributed by atoms with Gasteiger partial charge >= 0.3 is 0 Å². The molecule has 0 bridgehead atoms. The minimum absolute atomic E-state index is 0.0104. The summed E-state index contributed by atoms with van der Waals surface area (Å²) >= 11 is 0. The highest BCUT2D eigenvalue weighted by Crippen LogP contribution is 2.36. The van der Waals surface area contributed by atoms with Crippen molar-refractivity contribution in [2.24, 2.45) is 5.92 Å². The quantitative estimate of drug-likeness (QED) is 0.871. The smallest absolute Gasteiger partial charge is 0.230 e. The number of amides is 1. The Labute approximate surface area is 136 Å². The summed E-state index contributed by atoms with van der Waals surface area (Å²) in [5.74, 6) is 1.33. The molecule has 1 saturated carbocycles. The Balaban J connectivity index is 1.70. The maximum Gasteiger partial charge on any atom is 0.230 e. The highest BCUT2D eigenvalue weighted by Gasteiger charge is 2.44. The van der Waals surface area contributed by atoms with Crippen LogP contribution in [0.2, 0.25) is 0 Å². The number of rotatable bonds is 6. The average molecular weight is 311 g/mol. The first kappa shape index (κ1) is 15.6. The van der Waals surface area contributed by atoms with Gasteiger partial charge < -0.3 is 14.8 Å². The number of anilines is 1. The number of aryl methyl sites for hydroxylation is 1. The second-order valence-corrected chi connectivity index (χ2v) is 5.74. The van der Waals surface area contributed by atoms with E-state index in [1.165, 1.54) is 0 Å². The number of benzene rings is 2. The standard InChI is InChI=1S/C19H21NO3/c1-3-22-18-12-15(18)19(21)20-16-9-4-5-10-17(16)23-14-8-6-7-13(2)11-14/h4-11,15,18H,3,12H2,1-2H3,(H,20,21). The molecule has 1 N–H and O–H groups in total. The number of carbonyl (C=O) groups is 1. The van der Waals surface area contributed by atoms with Gasteiger partial charge in [-0.15, -0.1) is 0 Å². The molecular weight excluding hydrogens is 290 g/mol. The van der Waals surface area contributed by atoms with Crippen LogP contribution in [-0.2, 0) is 9.53 Å². The van der Waals surface area contributed by atoms with Crippen LogP contribution in [0, 0.1) is 12.8 Å². The van der Waals surface area contributed by atoms with E-state index in [0.29, 0.717) is 18.0 Å². The van der Waals surface area contributed by atoms with Crippen molar-refractivity contribution >= 4 is 11.6 Å². The van der Waals surface area contributed by atoms with Crippen LogP contribution in [0.5, 0.6) is 11.5 Å². The zero-order chi connectivity index (χ0) is 16.2.